The van der Waals surface area contributed by atoms with Gasteiger partial charge in [0.2, 0.25) is 0 Å². The molecule has 0 spiro atoms. The SMILES string of the molecule is NC(=O)C1=NC=CNc2ccccc21. The molecule has 70 valence electrons. The minimum absolute atomic E-state index is 0.279. The molecule has 0 saturated carbocycles. The highest BCUT2D eigenvalue weighted by atomic mass is 16.1. The number of hydrogen-bond donors (Lipinski definition) is 2. The second-order valence-corrected chi connectivity index (χ2v) is 2.85. The number of benzene rings is 1. The molecule has 0 aliphatic carbocycles. The van der Waals surface area contributed by atoms with Gasteiger partial charge in [-0.1, -0.05) is 18.2 Å². The van der Waals surface area contributed by atoms with Gasteiger partial charge in [-0.15, -0.1) is 0 Å². The van der Waals surface area contributed by atoms with Gasteiger partial charge in [-0.3, -0.25) is 4.79 Å². The summed E-state index contributed by atoms with van der Waals surface area (Å²) in [6.45, 7) is 0. The number of amides is 1. The number of hydrogen-bond acceptors (Lipinski definition) is 3. The van der Waals surface area contributed by atoms with Gasteiger partial charge < -0.3 is 11.1 Å². The van der Waals surface area contributed by atoms with E-state index in [0.717, 1.165) is 11.3 Å². The number of fused-ring (bicyclic) bond motifs is 1. The van der Waals surface area contributed by atoms with Crippen molar-refractivity contribution in [1.82, 2.24) is 0 Å². The zero-order chi connectivity index (χ0) is 9.97. The summed E-state index contributed by atoms with van der Waals surface area (Å²) in [6, 6.07) is 7.39. The van der Waals surface area contributed by atoms with Crippen LogP contribution in [0.1, 0.15) is 5.56 Å². The second kappa shape index (κ2) is 3.33. The van der Waals surface area contributed by atoms with Crippen molar-refractivity contribution in [3.63, 3.8) is 0 Å². The molecule has 3 N–H and O–H groups in total. The largest absolute Gasteiger partial charge is 0.364 e. The van der Waals surface area contributed by atoms with E-state index < -0.39 is 5.91 Å². The molecule has 0 aromatic heterocycles. The molecule has 0 bridgehead atoms. The van der Waals surface area contributed by atoms with Crippen molar-refractivity contribution in [3.8, 4) is 0 Å². The van der Waals surface area contributed by atoms with Crippen LogP contribution < -0.4 is 11.1 Å². The Bertz CT molecular complexity index is 435. The van der Waals surface area contributed by atoms with E-state index in [9.17, 15) is 4.79 Å². The Labute approximate surface area is 81.1 Å². The number of carbonyl (C=O) groups is 1. The van der Waals surface area contributed by atoms with Crippen LogP contribution in [0.4, 0.5) is 5.69 Å². The van der Waals surface area contributed by atoms with E-state index in [1.54, 1.807) is 12.3 Å². The Balaban J connectivity index is 2.59. The number of nitrogens with one attached hydrogen (secondary N) is 1. The van der Waals surface area contributed by atoms with Gasteiger partial charge in [-0.25, -0.2) is 4.99 Å². The number of nitrogens with two attached hydrogens (primary N) is 1. The number of nitrogens with zero attached hydrogens (tertiary/aromatic N) is 1. The third-order valence-corrected chi connectivity index (χ3v) is 1.93. The minimum Gasteiger partial charge on any atom is -0.364 e. The van der Waals surface area contributed by atoms with Crippen LogP contribution in [0.3, 0.4) is 0 Å². The van der Waals surface area contributed by atoms with Crippen molar-refractivity contribution in [2.45, 2.75) is 0 Å². The van der Waals surface area contributed by atoms with Crippen LogP contribution in [0.2, 0.25) is 0 Å². The van der Waals surface area contributed by atoms with Crippen molar-refractivity contribution < 1.29 is 4.79 Å². The fraction of sp³-hybridized carbons (Fsp3) is 0. The first-order valence-electron chi connectivity index (χ1n) is 4.17. The van der Waals surface area contributed by atoms with Crippen LogP contribution in [0.15, 0.2) is 41.7 Å². The van der Waals surface area contributed by atoms with Crippen LogP contribution in [0.25, 0.3) is 0 Å². The van der Waals surface area contributed by atoms with Crippen molar-refractivity contribution in [1.29, 1.82) is 0 Å². The summed E-state index contributed by atoms with van der Waals surface area (Å²) in [5.74, 6) is -0.522. The molecular formula is C10H9N3O. The first kappa shape index (κ1) is 8.50. The first-order valence-corrected chi connectivity index (χ1v) is 4.17. The molecule has 0 radical (unpaired) electrons. The lowest BCUT2D eigenvalue weighted by molar-refractivity contribution is -0.111. The van der Waals surface area contributed by atoms with Gasteiger partial charge in [-0.05, 0) is 6.07 Å². The second-order valence-electron chi connectivity index (χ2n) is 2.85. The maximum absolute atomic E-state index is 11.1. The molecule has 1 amide bonds. The Morgan fingerprint density at radius 3 is 2.93 bits per heavy atom. The number of aliphatic imine (C=N–C) groups is 1. The summed E-state index contributed by atoms with van der Waals surface area (Å²) in [7, 11) is 0. The van der Waals surface area contributed by atoms with E-state index in [1.165, 1.54) is 6.20 Å². The van der Waals surface area contributed by atoms with Gasteiger partial charge in [0.1, 0.15) is 5.71 Å². The molecule has 4 heteroatoms. The van der Waals surface area contributed by atoms with Crippen molar-refractivity contribution in [2.75, 3.05) is 5.32 Å². The average molecular weight is 187 g/mol. The molecule has 2 rings (SSSR count). The summed E-state index contributed by atoms with van der Waals surface area (Å²) < 4.78 is 0. The molecule has 14 heavy (non-hydrogen) atoms. The quantitative estimate of drug-likeness (QED) is 0.684. The highest BCUT2D eigenvalue weighted by Gasteiger charge is 2.14. The molecule has 1 aliphatic heterocycles. The number of anilines is 1. The topological polar surface area (TPSA) is 67.5 Å². The van der Waals surface area contributed by atoms with E-state index in [0.29, 0.717) is 0 Å². The molecule has 1 aromatic rings. The lowest BCUT2D eigenvalue weighted by atomic mass is 10.1. The zero-order valence-corrected chi connectivity index (χ0v) is 7.40. The lowest BCUT2D eigenvalue weighted by Crippen LogP contribution is -2.24. The summed E-state index contributed by atoms with van der Waals surface area (Å²) >= 11 is 0. The highest BCUT2D eigenvalue weighted by molar-refractivity contribution is 6.46. The number of primary amides is 1. The fourth-order valence-electron chi connectivity index (χ4n) is 1.32. The monoisotopic (exact) mass is 187 g/mol. The Kier molecular flexibility index (Phi) is 2.02. The number of rotatable bonds is 1. The Hall–Kier alpha value is -2.10. The average Bonchev–Trinajstić information content (AvgIpc) is 2.39. The molecule has 1 aliphatic rings. The van der Waals surface area contributed by atoms with Gasteiger partial charge in [0.05, 0.1) is 0 Å². The van der Waals surface area contributed by atoms with E-state index >= 15 is 0 Å². The molecule has 0 atom stereocenters. The lowest BCUT2D eigenvalue weighted by Gasteiger charge is -2.06. The van der Waals surface area contributed by atoms with E-state index in [1.807, 2.05) is 18.2 Å². The third kappa shape index (κ3) is 1.37. The predicted octanol–water partition coefficient (Wildman–Crippen LogP) is 0.858. The van der Waals surface area contributed by atoms with Crippen molar-refractivity contribution in [2.24, 2.45) is 10.7 Å². The van der Waals surface area contributed by atoms with E-state index in [-0.39, 0.29) is 5.71 Å². The molecule has 0 unspecified atom stereocenters. The van der Waals surface area contributed by atoms with Crippen molar-refractivity contribution >= 4 is 17.3 Å². The Morgan fingerprint density at radius 1 is 1.36 bits per heavy atom. The van der Waals surface area contributed by atoms with Gasteiger partial charge in [-0.2, -0.15) is 0 Å². The van der Waals surface area contributed by atoms with Crippen LogP contribution in [-0.2, 0) is 4.79 Å². The molecular weight excluding hydrogens is 178 g/mol. The highest BCUT2D eigenvalue weighted by Crippen LogP contribution is 2.18. The smallest absolute Gasteiger partial charge is 0.268 e. The van der Waals surface area contributed by atoms with Crippen molar-refractivity contribution in [3.05, 3.63) is 42.2 Å². The third-order valence-electron chi connectivity index (χ3n) is 1.93. The van der Waals surface area contributed by atoms with Gasteiger partial charge in [0.15, 0.2) is 0 Å². The molecule has 0 saturated heterocycles. The van der Waals surface area contributed by atoms with Gasteiger partial charge in [0, 0.05) is 23.7 Å². The number of para-hydroxylation sites is 1. The van der Waals surface area contributed by atoms with Crippen LogP contribution in [-0.4, -0.2) is 11.6 Å². The zero-order valence-electron chi connectivity index (χ0n) is 7.40. The molecule has 1 aromatic carbocycles. The van der Waals surface area contributed by atoms with E-state index in [2.05, 4.69) is 10.3 Å². The predicted molar refractivity (Wildman–Crippen MR) is 54.9 cm³/mol. The first-order chi connectivity index (χ1) is 6.79. The molecule has 1 heterocycles. The van der Waals surface area contributed by atoms with Crippen LogP contribution >= 0.6 is 0 Å². The fourth-order valence-corrected chi connectivity index (χ4v) is 1.32. The summed E-state index contributed by atoms with van der Waals surface area (Å²) in [5, 5.41) is 3.01. The molecule has 0 fully saturated rings. The molecule has 4 nitrogen and oxygen atoms in total. The Morgan fingerprint density at radius 2 is 2.14 bits per heavy atom. The maximum atomic E-state index is 11.1. The summed E-state index contributed by atoms with van der Waals surface area (Å²) in [5.41, 5.74) is 7.06. The minimum atomic E-state index is -0.522. The van der Waals surface area contributed by atoms with Crippen LogP contribution in [0.5, 0.6) is 0 Å². The van der Waals surface area contributed by atoms with E-state index in [4.69, 9.17) is 5.73 Å². The normalized spacial score (nSPS) is 13.6. The maximum Gasteiger partial charge on any atom is 0.268 e. The van der Waals surface area contributed by atoms with Gasteiger partial charge >= 0.3 is 0 Å². The van der Waals surface area contributed by atoms with Gasteiger partial charge in [0.25, 0.3) is 5.91 Å². The number of carbonyl (C=O) groups excluding carboxylic acids is 1. The summed E-state index contributed by atoms with van der Waals surface area (Å²) in [6.07, 6.45) is 3.18. The summed E-state index contributed by atoms with van der Waals surface area (Å²) in [4.78, 5) is 15.1. The standard InChI is InChI=1S/C10H9N3O/c11-10(14)9-7-3-1-2-4-8(7)12-5-6-13-9/h1-6,12H,(H2,11,14). The van der Waals surface area contributed by atoms with Crippen LogP contribution in [0, 0.1) is 0 Å².